The van der Waals surface area contributed by atoms with Gasteiger partial charge in [0, 0.05) is 13.2 Å². The number of sulfonamides is 1. The van der Waals surface area contributed by atoms with Gasteiger partial charge in [-0.05, 0) is 57.5 Å². The molecule has 0 heterocycles. The van der Waals surface area contributed by atoms with Crippen LogP contribution in [0.25, 0.3) is 0 Å². The number of hydrogen-bond acceptors (Lipinski definition) is 5. The van der Waals surface area contributed by atoms with Crippen LogP contribution in [-0.4, -0.2) is 47.2 Å². The van der Waals surface area contributed by atoms with Crippen molar-refractivity contribution in [3.05, 3.63) is 53.1 Å². The molecule has 0 aromatic heterocycles. The van der Waals surface area contributed by atoms with E-state index in [1.54, 1.807) is 24.3 Å². The lowest BCUT2D eigenvalue weighted by Crippen LogP contribution is -2.41. The maximum atomic E-state index is 13.3. The minimum atomic E-state index is -4.00. The van der Waals surface area contributed by atoms with Gasteiger partial charge in [0.25, 0.3) is 10.0 Å². The second-order valence-electron chi connectivity index (χ2n) is 7.27. The summed E-state index contributed by atoms with van der Waals surface area (Å²) in [5.74, 6) is -0.0140. The Kier molecular flexibility index (Phi) is 9.15. The predicted octanol–water partition coefficient (Wildman–Crippen LogP) is 3.78. The van der Waals surface area contributed by atoms with Gasteiger partial charge in [0.2, 0.25) is 5.91 Å². The Labute approximate surface area is 189 Å². The maximum Gasteiger partial charge on any atom is 0.264 e. The summed E-state index contributed by atoms with van der Waals surface area (Å²) >= 11 is 6.21. The lowest BCUT2D eigenvalue weighted by molar-refractivity contribution is -0.119. The molecule has 2 rings (SSSR count). The normalized spacial score (nSPS) is 11.4. The van der Waals surface area contributed by atoms with E-state index >= 15 is 0 Å². The van der Waals surface area contributed by atoms with Crippen LogP contribution in [0.1, 0.15) is 25.8 Å². The van der Waals surface area contributed by atoms with Crippen molar-refractivity contribution in [1.29, 1.82) is 0 Å². The summed E-state index contributed by atoms with van der Waals surface area (Å²) in [6.45, 7) is 6.25. The monoisotopic (exact) mass is 468 g/mol. The SMILES string of the molecule is COc1ccc(N(CC(=O)NCCCOC(C)C)S(=O)(=O)c2ccc(C)cc2)cc1Cl. The van der Waals surface area contributed by atoms with Crippen molar-refractivity contribution < 1.29 is 22.7 Å². The minimum Gasteiger partial charge on any atom is -0.495 e. The van der Waals surface area contributed by atoms with E-state index in [9.17, 15) is 13.2 Å². The van der Waals surface area contributed by atoms with Crippen molar-refractivity contribution in [1.82, 2.24) is 5.32 Å². The van der Waals surface area contributed by atoms with Crippen LogP contribution in [0.3, 0.4) is 0 Å². The molecule has 0 aliphatic rings. The molecule has 0 aliphatic carbocycles. The highest BCUT2D eigenvalue weighted by Crippen LogP contribution is 2.31. The Morgan fingerprint density at radius 2 is 1.84 bits per heavy atom. The van der Waals surface area contributed by atoms with Crippen molar-refractivity contribution in [2.24, 2.45) is 0 Å². The van der Waals surface area contributed by atoms with Crippen molar-refractivity contribution in [2.75, 3.05) is 31.1 Å². The quantitative estimate of drug-likeness (QED) is 0.507. The van der Waals surface area contributed by atoms with Crippen LogP contribution in [-0.2, 0) is 19.6 Å². The van der Waals surface area contributed by atoms with Crippen molar-refractivity contribution in [3.63, 3.8) is 0 Å². The predicted molar refractivity (Wildman–Crippen MR) is 122 cm³/mol. The van der Waals surface area contributed by atoms with Crippen LogP contribution in [0.5, 0.6) is 5.75 Å². The molecule has 0 bridgehead atoms. The van der Waals surface area contributed by atoms with E-state index in [1.165, 1.54) is 25.3 Å². The second-order valence-corrected chi connectivity index (χ2v) is 9.54. The Balaban J connectivity index is 2.25. The summed E-state index contributed by atoms with van der Waals surface area (Å²) in [4.78, 5) is 12.6. The molecular formula is C22H29ClN2O5S. The molecule has 0 saturated carbocycles. The first-order valence-electron chi connectivity index (χ1n) is 9.96. The maximum absolute atomic E-state index is 13.3. The summed E-state index contributed by atoms with van der Waals surface area (Å²) in [5, 5.41) is 2.99. The van der Waals surface area contributed by atoms with Gasteiger partial charge in [0.1, 0.15) is 12.3 Å². The average Bonchev–Trinajstić information content (AvgIpc) is 2.71. The number of ether oxygens (including phenoxy) is 2. The van der Waals surface area contributed by atoms with Gasteiger partial charge < -0.3 is 14.8 Å². The molecule has 7 nitrogen and oxygen atoms in total. The highest BCUT2D eigenvalue weighted by atomic mass is 35.5. The van der Waals surface area contributed by atoms with E-state index in [0.717, 1.165) is 9.87 Å². The number of methoxy groups -OCH3 is 1. The number of rotatable bonds is 11. The summed E-state index contributed by atoms with van der Waals surface area (Å²) in [6, 6.07) is 11.0. The zero-order valence-corrected chi connectivity index (χ0v) is 19.8. The van der Waals surface area contributed by atoms with Crippen molar-refractivity contribution >= 4 is 33.2 Å². The number of nitrogens with one attached hydrogen (secondary N) is 1. The number of hydrogen-bond donors (Lipinski definition) is 1. The Bertz CT molecular complexity index is 978. The first-order chi connectivity index (χ1) is 14.6. The second kappa shape index (κ2) is 11.4. The summed E-state index contributed by atoms with van der Waals surface area (Å²) in [7, 11) is -2.53. The third-order valence-corrected chi connectivity index (χ3v) is 6.50. The molecule has 0 unspecified atom stereocenters. The molecule has 31 heavy (non-hydrogen) atoms. The van der Waals surface area contributed by atoms with E-state index in [2.05, 4.69) is 5.32 Å². The largest absolute Gasteiger partial charge is 0.495 e. The van der Waals surface area contributed by atoms with Gasteiger partial charge in [-0.25, -0.2) is 8.42 Å². The van der Waals surface area contributed by atoms with Crippen LogP contribution in [0.4, 0.5) is 5.69 Å². The van der Waals surface area contributed by atoms with E-state index in [4.69, 9.17) is 21.1 Å². The number of halogens is 1. The molecule has 0 aliphatic heterocycles. The average molecular weight is 469 g/mol. The molecule has 0 radical (unpaired) electrons. The zero-order valence-electron chi connectivity index (χ0n) is 18.2. The van der Waals surface area contributed by atoms with Gasteiger partial charge >= 0.3 is 0 Å². The smallest absolute Gasteiger partial charge is 0.264 e. The molecule has 1 N–H and O–H groups in total. The summed E-state index contributed by atoms with van der Waals surface area (Å²) in [5.41, 5.74) is 1.20. The number of nitrogens with zero attached hydrogens (tertiary/aromatic N) is 1. The Morgan fingerprint density at radius 3 is 2.42 bits per heavy atom. The molecule has 0 spiro atoms. The van der Waals surface area contributed by atoms with Crippen LogP contribution in [0.15, 0.2) is 47.4 Å². The lowest BCUT2D eigenvalue weighted by Gasteiger charge is -2.24. The molecule has 1 amide bonds. The van der Waals surface area contributed by atoms with Crippen LogP contribution >= 0.6 is 11.6 Å². The molecule has 0 atom stereocenters. The van der Waals surface area contributed by atoms with Crippen LogP contribution < -0.4 is 14.4 Å². The minimum absolute atomic E-state index is 0.0863. The molecule has 2 aromatic rings. The van der Waals surface area contributed by atoms with Crippen LogP contribution in [0, 0.1) is 6.92 Å². The van der Waals surface area contributed by atoms with Gasteiger partial charge in [-0.1, -0.05) is 29.3 Å². The van der Waals surface area contributed by atoms with E-state index in [0.29, 0.717) is 25.3 Å². The number of carbonyl (C=O) groups excluding carboxylic acids is 1. The van der Waals surface area contributed by atoms with Gasteiger partial charge in [-0.15, -0.1) is 0 Å². The first-order valence-corrected chi connectivity index (χ1v) is 11.8. The lowest BCUT2D eigenvalue weighted by atomic mass is 10.2. The highest BCUT2D eigenvalue weighted by molar-refractivity contribution is 7.92. The number of anilines is 1. The Hall–Kier alpha value is -2.29. The van der Waals surface area contributed by atoms with Crippen LogP contribution in [0.2, 0.25) is 5.02 Å². The first kappa shape index (κ1) is 25.0. The third kappa shape index (κ3) is 7.12. The highest BCUT2D eigenvalue weighted by Gasteiger charge is 2.27. The third-order valence-electron chi connectivity index (χ3n) is 4.41. The van der Waals surface area contributed by atoms with E-state index in [1.807, 2.05) is 20.8 Å². The topological polar surface area (TPSA) is 84.9 Å². The number of benzene rings is 2. The fourth-order valence-electron chi connectivity index (χ4n) is 2.77. The van der Waals surface area contributed by atoms with Gasteiger partial charge in [-0.2, -0.15) is 0 Å². The van der Waals surface area contributed by atoms with E-state index in [-0.39, 0.29) is 28.3 Å². The zero-order chi connectivity index (χ0) is 23.0. The molecular weight excluding hydrogens is 440 g/mol. The molecule has 0 saturated heterocycles. The van der Waals surface area contributed by atoms with Crippen molar-refractivity contribution in [2.45, 2.75) is 38.2 Å². The molecule has 170 valence electrons. The van der Waals surface area contributed by atoms with Gasteiger partial charge in [0.05, 0.1) is 28.8 Å². The van der Waals surface area contributed by atoms with Crippen molar-refractivity contribution in [3.8, 4) is 5.75 Å². The van der Waals surface area contributed by atoms with E-state index < -0.39 is 15.9 Å². The summed E-state index contributed by atoms with van der Waals surface area (Å²) < 4.78 is 38.3. The van der Waals surface area contributed by atoms with Gasteiger partial charge in [-0.3, -0.25) is 9.10 Å². The Morgan fingerprint density at radius 1 is 1.16 bits per heavy atom. The standard InChI is InChI=1S/C22H29ClN2O5S/c1-16(2)30-13-5-12-24-22(26)15-25(18-8-11-21(29-4)20(23)14-18)31(27,28)19-9-6-17(3)7-10-19/h6-11,14,16H,5,12-13,15H2,1-4H3,(H,24,26). The number of carbonyl (C=O) groups is 1. The fourth-order valence-corrected chi connectivity index (χ4v) is 4.43. The fraction of sp³-hybridized carbons (Fsp3) is 0.409. The summed E-state index contributed by atoms with van der Waals surface area (Å²) in [6.07, 6.45) is 0.744. The number of amides is 1. The molecule has 0 fully saturated rings. The van der Waals surface area contributed by atoms with Gasteiger partial charge in [0.15, 0.2) is 0 Å². The molecule has 2 aromatic carbocycles. The number of aryl methyl sites for hydroxylation is 1. The molecule has 9 heteroatoms.